The van der Waals surface area contributed by atoms with Gasteiger partial charge in [-0.1, -0.05) is 6.07 Å². The Morgan fingerprint density at radius 2 is 2.09 bits per heavy atom. The van der Waals surface area contributed by atoms with Gasteiger partial charge in [-0.15, -0.1) is 0 Å². The minimum atomic E-state index is -0.522. The van der Waals surface area contributed by atoms with Crippen LogP contribution in [-0.2, 0) is 11.3 Å². The van der Waals surface area contributed by atoms with E-state index in [0.29, 0.717) is 23.2 Å². The maximum Gasteiger partial charge on any atom is 0.255 e. The predicted octanol–water partition coefficient (Wildman–Crippen LogP) is 2.87. The van der Waals surface area contributed by atoms with Crippen molar-refractivity contribution in [1.82, 2.24) is 19.9 Å². The molecule has 1 fully saturated rings. The van der Waals surface area contributed by atoms with Crippen LogP contribution in [0.5, 0.6) is 11.5 Å². The number of nitrogens with two attached hydrogens (primary N) is 1. The van der Waals surface area contributed by atoms with Crippen molar-refractivity contribution in [3.63, 3.8) is 0 Å². The largest absolute Gasteiger partial charge is 0.493 e. The lowest BCUT2D eigenvalue weighted by Crippen LogP contribution is -2.34. The number of amides is 1. The first-order valence-corrected chi connectivity index (χ1v) is 10.9. The van der Waals surface area contributed by atoms with E-state index in [1.165, 1.54) is 0 Å². The first-order chi connectivity index (χ1) is 16.1. The second-order valence-electron chi connectivity index (χ2n) is 8.00. The lowest BCUT2D eigenvalue weighted by Gasteiger charge is -2.32. The van der Waals surface area contributed by atoms with Crippen LogP contribution in [0.3, 0.4) is 0 Å². The summed E-state index contributed by atoms with van der Waals surface area (Å²) in [6.45, 7) is 2.59. The molecule has 4 rings (SSSR count). The van der Waals surface area contributed by atoms with Crippen molar-refractivity contribution in [3.8, 4) is 11.5 Å². The molecule has 3 N–H and O–H groups in total. The predicted molar refractivity (Wildman–Crippen MR) is 124 cm³/mol. The minimum absolute atomic E-state index is 0.177. The summed E-state index contributed by atoms with van der Waals surface area (Å²) in [4.78, 5) is 26.4. The molecule has 33 heavy (non-hydrogen) atoms. The number of benzene rings is 1. The molecule has 1 aliphatic rings. The molecule has 0 radical (unpaired) electrons. The van der Waals surface area contributed by atoms with E-state index in [4.69, 9.17) is 20.2 Å². The molecule has 0 unspecified atom stereocenters. The first-order valence-electron chi connectivity index (χ1n) is 10.9. The Balaban J connectivity index is 1.37. The van der Waals surface area contributed by atoms with Gasteiger partial charge in [0.25, 0.3) is 5.91 Å². The van der Waals surface area contributed by atoms with Gasteiger partial charge in [0.15, 0.2) is 18.1 Å². The number of hydrogen-bond donors (Lipinski definition) is 2. The molecule has 0 saturated carbocycles. The standard InChI is InChI=1S/C24H28N6O3/c1-32-22-11-17(4-7-21(22)33-16-23(25)31)14-30-10-2-3-18(15-30)20-6-5-19(12-28-20)29-24-13-26-8-9-27-24/h4-9,11-13,18H,2-3,10,14-16H2,1H3,(H2,25,31)(H,27,29)/t18-/m1/s1. The summed E-state index contributed by atoms with van der Waals surface area (Å²) >= 11 is 0. The Kier molecular flexibility index (Phi) is 7.31. The van der Waals surface area contributed by atoms with E-state index in [1.807, 2.05) is 30.5 Å². The van der Waals surface area contributed by atoms with Gasteiger partial charge >= 0.3 is 0 Å². The number of hydrogen-bond acceptors (Lipinski definition) is 8. The van der Waals surface area contributed by atoms with Crippen LogP contribution in [0.15, 0.2) is 55.1 Å². The fourth-order valence-corrected chi connectivity index (χ4v) is 4.01. The van der Waals surface area contributed by atoms with Crippen molar-refractivity contribution < 1.29 is 14.3 Å². The third kappa shape index (κ3) is 6.17. The number of likely N-dealkylation sites (tertiary alicyclic amines) is 1. The van der Waals surface area contributed by atoms with Crippen LogP contribution < -0.4 is 20.5 Å². The van der Waals surface area contributed by atoms with E-state index in [0.717, 1.165) is 49.4 Å². The van der Waals surface area contributed by atoms with Crippen molar-refractivity contribution in [3.05, 3.63) is 66.4 Å². The monoisotopic (exact) mass is 448 g/mol. The number of anilines is 2. The number of aromatic nitrogens is 3. The van der Waals surface area contributed by atoms with Gasteiger partial charge in [0.1, 0.15) is 5.82 Å². The van der Waals surface area contributed by atoms with Gasteiger partial charge in [0.2, 0.25) is 0 Å². The Labute approximate surface area is 193 Å². The highest BCUT2D eigenvalue weighted by Crippen LogP contribution is 2.31. The third-order valence-corrected chi connectivity index (χ3v) is 5.55. The van der Waals surface area contributed by atoms with E-state index in [-0.39, 0.29) is 6.61 Å². The van der Waals surface area contributed by atoms with Crippen LogP contribution in [0.25, 0.3) is 0 Å². The summed E-state index contributed by atoms with van der Waals surface area (Å²) in [5.74, 6) is 1.65. The quantitative estimate of drug-likeness (QED) is 0.513. The summed E-state index contributed by atoms with van der Waals surface area (Å²) in [7, 11) is 1.59. The summed E-state index contributed by atoms with van der Waals surface area (Å²) < 4.78 is 10.9. The topological polar surface area (TPSA) is 115 Å². The highest BCUT2D eigenvalue weighted by atomic mass is 16.5. The second kappa shape index (κ2) is 10.7. The number of nitrogens with zero attached hydrogens (tertiary/aromatic N) is 4. The van der Waals surface area contributed by atoms with Gasteiger partial charge in [-0.25, -0.2) is 4.98 Å². The molecule has 3 heterocycles. The molecular weight excluding hydrogens is 420 g/mol. The van der Waals surface area contributed by atoms with E-state index >= 15 is 0 Å². The molecule has 172 valence electrons. The molecule has 1 atom stereocenters. The molecule has 0 aliphatic carbocycles. The number of carbonyl (C=O) groups is 1. The lowest BCUT2D eigenvalue weighted by atomic mass is 9.94. The molecule has 1 aliphatic heterocycles. The van der Waals surface area contributed by atoms with Crippen molar-refractivity contribution in [2.24, 2.45) is 5.73 Å². The van der Waals surface area contributed by atoms with E-state index in [2.05, 4.69) is 26.3 Å². The SMILES string of the molecule is COc1cc(CN2CCC[C@@H](c3ccc(Nc4cnccn4)cn3)C2)ccc1OCC(N)=O. The summed E-state index contributed by atoms with van der Waals surface area (Å²) in [5.41, 5.74) is 8.27. The number of nitrogens with one attached hydrogen (secondary N) is 1. The van der Waals surface area contributed by atoms with Crippen molar-refractivity contribution in [2.45, 2.75) is 25.3 Å². The van der Waals surface area contributed by atoms with Crippen LogP contribution in [-0.4, -0.2) is 52.6 Å². The maximum atomic E-state index is 11.0. The molecule has 9 nitrogen and oxygen atoms in total. The second-order valence-corrected chi connectivity index (χ2v) is 8.00. The number of rotatable bonds is 9. The zero-order valence-electron chi connectivity index (χ0n) is 18.6. The van der Waals surface area contributed by atoms with Crippen LogP contribution >= 0.6 is 0 Å². The smallest absolute Gasteiger partial charge is 0.255 e. The first kappa shape index (κ1) is 22.5. The average Bonchev–Trinajstić information content (AvgIpc) is 2.84. The van der Waals surface area contributed by atoms with Crippen LogP contribution in [0, 0.1) is 0 Å². The lowest BCUT2D eigenvalue weighted by molar-refractivity contribution is -0.119. The molecule has 1 amide bonds. The van der Waals surface area contributed by atoms with Gasteiger partial charge in [-0.2, -0.15) is 0 Å². The van der Waals surface area contributed by atoms with Gasteiger partial charge in [-0.05, 0) is 49.2 Å². The van der Waals surface area contributed by atoms with Crippen molar-refractivity contribution in [2.75, 3.05) is 32.1 Å². The molecule has 0 spiro atoms. The van der Waals surface area contributed by atoms with Gasteiger partial charge in [-0.3, -0.25) is 19.7 Å². The number of piperidine rings is 1. The van der Waals surface area contributed by atoms with E-state index < -0.39 is 5.91 Å². The summed E-state index contributed by atoms with van der Waals surface area (Å²) in [6.07, 6.45) is 9.05. The highest BCUT2D eigenvalue weighted by Gasteiger charge is 2.23. The average molecular weight is 449 g/mol. The molecule has 9 heteroatoms. The number of primary amides is 1. The zero-order valence-corrected chi connectivity index (χ0v) is 18.6. The number of methoxy groups -OCH3 is 1. The third-order valence-electron chi connectivity index (χ3n) is 5.55. The summed E-state index contributed by atoms with van der Waals surface area (Å²) in [5, 5.41) is 3.21. The maximum absolute atomic E-state index is 11.0. The normalized spacial score (nSPS) is 16.2. The fraction of sp³-hybridized carbons (Fsp3) is 0.333. The Hall–Kier alpha value is -3.72. The fourth-order valence-electron chi connectivity index (χ4n) is 4.01. The Bertz CT molecular complexity index is 1060. The molecule has 3 aromatic rings. The van der Waals surface area contributed by atoms with Crippen LogP contribution in [0.1, 0.15) is 30.0 Å². The van der Waals surface area contributed by atoms with E-state index in [1.54, 1.807) is 25.7 Å². The molecule has 1 saturated heterocycles. The van der Waals surface area contributed by atoms with Crippen LogP contribution in [0.4, 0.5) is 11.5 Å². The van der Waals surface area contributed by atoms with Gasteiger partial charge < -0.3 is 20.5 Å². The summed E-state index contributed by atoms with van der Waals surface area (Å²) in [6, 6.07) is 9.88. The van der Waals surface area contributed by atoms with Crippen LogP contribution in [0.2, 0.25) is 0 Å². The number of ether oxygens (including phenoxy) is 2. The molecule has 2 aromatic heterocycles. The zero-order chi connectivity index (χ0) is 23.0. The van der Waals surface area contributed by atoms with Crippen molar-refractivity contribution >= 4 is 17.4 Å². The Morgan fingerprint density at radius 3 is 2.82 bits per heavy atom. The molecular formula is C24H28N6O3. The number of pyridine rings is 1. The Morgan fingerprint density at radius 1 is 1.18 bits per heavy atom. The minimum Gasteiger partial charge on any atom is -0.493 e. The number of carbonyl (C=O) groups excluding carboxylic acids is 1. The molecule has 0 bridgehead atoms. The van der Waals surface area contributed by atoms with Gasteiger partial charge in [0, 0.05) is 37.1 Å². The van der Waals surface area contributed by atoms with Crippen molar-refractivity contribution in [1.29, 1.82) is 0 Å². The molecule has 1 aromatic carbocycles. The van der Waals surface area contributed by atoms with E-state index in [9.17, 15) is 4.79 Å². The van der Waals surface area contributed by atoms with Gasteiger partial charge in [0.05, 0.1) is 25.2 Å². The highest BCUT2D eigenvalue weighted by molar-refractivity contribution is 5.75.